The summed E-state index contributed by atoms with van der Waals surface area (Å²) < 4.78 is 17.2. The number of likely N-dealkylation sites (tertiary alicyclic amines) is 1. The second-order valence-electron chi connectivity index (χ2n) is 6.83. The van der Waals surface area contributed by atoms with Gasteiger partial charge in [-0.2, -0.15) is 0 Å². The Kier molecular flexibility index (Phi) is 5.57. The van der Waals surface area contributed by atoms with Gasteiger partial charge in [0.2, 0.25) is 11.7 Å². The zero-order valence-electron chi connectivity index (χ0n) is 15.5. The summed E-state index contributed by atoms with van der Waals surface area (Å²) in [5.74, 6) is 1.78. The number of nitrogens with zero attached hydrogens (tertiary/aromatic N) is 3. The lowest BCUT2D eigenvalue weighted by atomic mass is 10.0. The maximum atomic E-state index is 12.5. The summed E-state index contributed by atoms with van der Waals surface area (Å²) in [7, 11) is 0. The molecule has 0 spiro atoms. The van der Waals surface area contributed by atoms with Crippen LogP contribution in [0.25, 0.3) is 0 Å². The smallest absolute Gasteiger partial charge is 0.223 e. The van der Waals surface area contributed by atoms with Gasteiger partial charge >= 0.3 is 0 Å². The molecular weight excluding hydrogens is 362 g/mol. The lowest BCUT2D eigenvalue weighted by Gasteiger charge is -2.36. The van der Waals surface area contributed by atoms with Crippen LogP contribution in [-0.2, 0) is 11.2 Å². The molecule has 2 aliphatic heterocycles. The number of benzene rings is 1. The minimum atomic E-state index is -0.769. The maximum Gasteiger partial charge on any atom is 0.223 e. The molecule has 0 aliphatic carbocycles. The number of β-amino-alcohol motifs (C(OH)–C–C–N with tert-alkyl or cyclic N) is 1. The van der Waals surface area contributed by atoms with Crippen molar-refractivity contribution in [2.24, 2.45) is 0 Å². The fraction of sp³-hybridized carbons (Fsp3) is 0.450. The fourth-order valence-electron chi connectivity index (χ4n) is 3.43. The molecule has 8 nitrogen and oxygen atoms in total. The number of hydrogen-bond acceptors (Lipinski definition) is 7. The molecule has 8 heteroatoms. The van der Waals surface area contributed by atoms with Crippen molar-refractivity contribution in [1.82, 2.24) is 14.9 Å². The van der Waals surface area contributed by atoms with E-state index in [2.05, 4.69) is 9.97 Å². The number of carbonyl (C=O) groups excluding carboxylic acids is 1. The molecular formula is C20H23N3O5. The van der Waals surface area contributed by atoms with Crippen LogP contribution in [0, 0.1) is 0 Å². The van der Waals surface area contributed by atoms with E-state index in [9.17, 15) is 9.90 Å². The van der Waals surface area contributed by atoms with Crippen molar-refractivity contribution >= 4 is 5.91 Å². The number of amides is 1. The molecule has 0 unspecified atom stereocenters. The minimum Gasteiger partial charge on any atom is -0.486 e. The molecule has 1 fully saturated rings. The highest BCUT2D eigenvalue weighted by Gasteiger charge is 2.32. The molecule has 3 heterocycles. The summed E-state index contributed by atoms with van der Waals surface area (Å²) in [5.41, 5.74) is 0.783. The predicted octanol–water partition coefficient (Wildman–Crippen LogP) is 1.22. The zero-order chi connectivity index (χ0) is 19.3. The van der Waals surface area contributed by atoms with Gasteiger partial charge in [0.25, 0.3) is 0 Å². The van der Waals surface area contributed by atoms with E-state index in [0.29, 0.717) is 56.3 Å². The van der Waals surface area contributed by atoms with Crippen LogP contribution in [0.3, 0.4) is 0 Å². The van der Waals surface area contributed by atoms with E-state index in [1.165, 1.54) is 0 Å². The van der Waals surface area contributed by atoms with E-state index in [1.807, 2.05) is 12.1 Å². The molecule has 2 atom stereocenters. The van der Waals surface area contributed by atoms with Gasteiger partial charge in [-0.25, -0.2) is 0 Å². The second kappa shape index (κ2) is 8.43. The van der Waals surface area contributed by atoms with E-state index >= 15 is 0 Å². The van der Waals surface area contributed by atoms with Crippen LogP contribution < -0.4 is 14.2 Å². The average molecular weight is 385 g/mol. The number of piperidine rings is 1. The van der Waals surface area contributed by atoms with Crippen LogP contribution in [0.15, 0.2) is 36.8 Å². The van der Waals surface area contributed by atoms with E-state index in [0.717, 1.165) is 5.69 Å². The Balaban J connectivity index is 1.32. The number of aliphatic hydroxyl groups is 1. The van der Waals surface area contributed by atoms with E-state index in [-0.39, 0.29) is 12.5 Å². The first kappa shape index (κ1) is 18.5. The highest BCUT2D eigenvalue weighted by Crippen LogP contribution is 2.40. The zero-order valence-corrected chi connectivity index (χ0v) is 15.5. The predicted molar refractivity (Wildman–Crippen MR) is 99.4 cm³/mol. The number of aromatic nitrogens is 2. The first-order valence-electron chi connectivity index (χ1n) is 9.46. The molecule has 148 valence electrons. The number of rotatable bonds is 5. The maximum absolute atomic E-state index is 12.5. The van der Waals surface area contributed by atoms with Crippen molar-refractivity contribution in [3.63, 3.8) is 0 Å². The molecule has 1 saturated heterocycles. The standard InChI is InChI=1S/C20H23N3O5/c24-15-13-23(19(25)5-4-14-12-21-7-8-22-14)9-6-16(15)28-18-3-1-2-17-20(18)27-11-10-26-17/h1-3,7-8,12,15-16,24H,4-6,9-11,13H2/t15-,16-/m1/s1. The van der Waals surface area contributed by atoms with Gasteiger partial charge in [0.15, 0.2) is 11.5 Å². The summed E-state index contributed by atoms with van der Waals surface area (Å²) in [5, 5.41) is 10.5. The Labute approximate surface area is 163 Å². The molecule has 2 aliphatic rings. The van der Waals surface area contributed by atoms with Gasteiger partial charge in [0.05, 0.1) is 12.2 Å². The van der Waals surface area contributed by atoms with Gasteiger partial charge in [0, 0.05) is 38.0 Å². The third kappa shape index (κ3) is 4.17. The van der Waals surface area contributed by atoms with Crippen molar-refractivity contribution in [3.05, 3.63) is 42.5 Å². The van der Waals surface area contributed by atoms with E-state index < -0.39 is 12.2 Å². The lowest BCUT2D eigenvalue weighted by molar-refractivity contribution is -0.137. The van der Waals surface area contributed by atoms with Crippen LogP contribution in [0.4, 0.5) is 0 Å². The molecule has 0 radical (unpaired) electrons. The largest absolute Gasteiger partial charge is 0.486 e. The summed E-state index contributed by atoms with van der Waals surface area (Å²) in [4.78, 5) is 22.3. The Bertz CT molecular complexity index is 817. The van der Waals surface area contributed by atoms with Crippen LogP contribution in [-0.4, -0.2) is 64.4 Å². The van der Waals surface area contributed by atoms with Gasteiger partial charge in [0.1, 0.15) is 25.4 Å². The topological polar surface area (TPSA) is 94.0 Å². The minimum absolute atomic E-state index is 0.00280. The SMILES string of the molecule is O=C(CCc1cnccn1)N1CC[C@@H](Oc2cccc3c2OCCO3)[C@H](O)C1. The number of carbonyl (C=O) groups is 1. The van der Waals surface area contributed by atoms with E-state index in [1.54, 1.807) is 29.6 Å². The van der Waals surface area contributed by atoms with Crippen LogP contribution >= 0.6 is 0 Å². The Hall–Kier alpha value is -2.87. The third-order valence-corrected chi connectivity index (χ3v) is 4.89. The third-order valence-electron chi connectivity index (χ3n) is 4.89. The lowest BCUT2D eigenvalue weighted by Crippen LogP contribution is -2.51. The summed E-state index contributed by atoms with van der Waals surface area (Å²) in [6.45, 7) is 1.76. The van der Waals surface area contributed by atoms with Crippen LogP contribution in [0.1, 0.15) is 18.5 Å². The van der Waals surface area contributed by atoms with Gasteiger partial charge in [-0.15, -0.1) is 0 Å². The van der Waals surface area contributed by atoms with Crippen molar-refractivity contribution in [2.75, 3.05) is 26.3 Å². The molecule has 0 saturated carbocycles. The van der Waals surface area contributed by atoms with Crippen molar-refractivity contribution < 1.29 is 24.1 Å². The summed E-state index contributed by atoms with van der Waals surface area (Å²) >= 11 is 0. The Morgan fingerprint density at radius 1 is 1.29 bits per heavy atom. The highest BCUT2D eigenvalue weighted by atomic mass is 16.6. The van der Waals surface area contributed by atoms with Crippen molar-refractivity contribution in [2.45, 2.75) is 31.5 Å². The number of fused-ring (bicyclic) bond motifs is 1. The van der Waals surface area contributed by atoms with E-state index in [4.69, 9.17) is 14.2 Å². The number of para-hydroxylation sites is 1. The highest BCUT2D eigenvalue weighted by molar-refractivity contribution is 5.76. The molecule has 1 N–H and O–H groups in total. The molecule has 2 aromatic rings. The monoisotopic (exact) mass is 385 g/mol. The number of aliphatic hydroxyl groups excluding tert-OH is 1. The first-order chi connectivity index (χ1) is 13.7. The van der Waals surface area contributed by atoms with Crippen molar-refractivity contribution in [1.29, 1.82) is 0 Å². The normalized spacial score (nSPS) is 21.2. The van der Waals surface area contributed by atoms with Crippen LogP contribution in [0.5, 0.6) is 17.2 Å². The molecule has 0 bridgehead atoms. The number of aryl methyl sites for hydroxylation is 1. The van der Waals surface area contributed by atoms with Gasteiger partial charge < -0.3 is 24.2 Å². The number of ether oxygens (including phenoxy) is 3. The van der Waals surface area contributed by atoms with Gasteiger partial charge in [-0.1, -0.05) is 6.07 Å². The summed E-state index contributed by atoms with van der Waals surface area (Å²) in [6, 6.07) is 5.47. The molecule has 4 rings (SSSR count). The fourth-order valence-corrected chi connectivity index (χ4v) is 3.43. The van der Waals surface area contributed by atoms with Gasteiger partial charge in [-0.3, -0.25) is 14.8 Å². The first-order valence-corrected chi connectivity index (χ1v) is 9.46. The molecule has 1 aromatic carbocycles. The quantitative estimate of drug-likeness (QED) is 0.827. The molecule has 1 amide bonds. The van der Waals surface area contributed by atoms with Crippen LogP contribution in [0.2, 0.25) is 0 Å². The van der Waals surface area contributed by atoms with Crippen molar-refractivity contribution in [3.8, 4) is 17.2 Å². The molecule has 28 heavy (non-hydrogen) atoms. The summed E-state index contributed by atoms with van der Waals surface area (Å²) in [6.07, 6.45) is 5.13. The average Bonchev–Trinajstić information content (AvgIpc) is 2.74. The Morgan fingerprint density at radius 2 is 2.18 bits per heavy atom. The molecule has 1 aromatic heterocycles. The second-order valence-corrected chi connectivity index (χ2v) is 6.83. The Morgan fingerprint density at radius 3 is 3.00 bits per heavy atom. The van der Waals surface area contributed by atoms with Gasteiger partial charge in [-0.05, 0) is 18.6 Å². The number of hydrogen-bond donors (Lipinski definition) is 1.